The molecule has 0 aliphatic carbocycles. The number of ether oxygens (including phenoxy) is 2. The van der Waals surface area contributed by atoms with E-state index in [1.54, 1.807) is 19.1 Å². The number of anilines is 1. The van der Waals surface area contributed by atoms with E-state index in [1.807, 2.05) is 0 Å². The van der Waals surface area contributed by atoms with Crippen LogP contribution in [0.5, 0.6) is 11.5 Å². The SMILES string of the molecule is COc1cc2nc(C)nc(NCc3cc(F)cc(C(F)(F)F)c3)c2cc1OC. The Balaban J connectivity index is 1.98. The van der Waals surface area contributed by atoms with Crippen LogP contribution in [0.2, 0.25) is 0 Å². The molecule has 1 heterocycles. The number of nitrogens with one attached hydrogen (secondary N) is 1. The molecule has 1 N–H and O–H groups in total. The highest BCUT2D eigenvalue weighted by molar-refractivity contribution is 5.91. The Morgan fingerprint density at radius 2 is 1.64 bits per heavy atom. The van der Waals surface area contributed by atoms with Crippen LogP contribution in [0.15, 0.2) is 30.3 Å². The van der Waals surface area contributed by atoms with Gasteiger partial charge in [0.05, 0.1) is 25.3 Å². The van der Waals surface area contributed by atoms with Crippen molar-refractivity contribution in [3.63, 3.8) is 0 Å². The lowest BCUT2D eigenvalue weighted by atomic mass is 10.1. The molecule has 0 bridgehead atoms. The largest absolute Gasteiger partial charge is 0.493 e. The molecule has 5 nitrogen and oxygen atoms in total. The lowest BCUT2D eigenvalue weighted by Gasteiger charge is -2.14. The van der Waals surface area contributed by atoms with Gasteiger partial charge in [0.2, 0.25) is 0 Å². The number of benzene rings is 2. The molecule has 1 aromatic heterocycles. The van der Waals surface area contributed by atoms with Crippen LogP contribution in [0.1, 0.15) is 17.0 Å². The Bertz CT molecular complexity index is 1020. The van der Waals surface area contributed by atoms with Crippen LogP contribution in [0, 0.1) is 12.7 Å². The Hall–Kier alpha value is -3.10. The smallest absolute Gasteiger partial charge is 0.416 e. The summed E-state index contributed by atoms with van der Waals surface area (Å²) in [6.07, 6.45) is -4.63. The van der Waals surface area contributed by atoms with Gasteiger partial charge in [0.15, 0.2) is 11.5 Å². The molecule has 0 saturated heterocycles. The van der Waals surface area contributed by atoms with Gasteiger partial charge in [-0.05, 0) is 36.8 Å². The van der Waals surface area contributed by atoms with Gasteiger partial charge in [0, 0.05) is 18.0 Å². The number of rotatable bonds is 5. The van der Waals surface area contributed by atoms with Crippen LogP contribution in [0.3, 0.4) is 0 Å². The number of methoxy groups -OCH3 is 2. The number of hydrogen-bond acceptors (Lipinski definition) is 5. The lowest BCUT2D eigenvalue weighted by Crippen LogP contribution is -2.09. The molecule has 0 fully saturated rings. The van der Waals surface area contributed by atoms with Crippen LogP contribution in [-0.4, -0.2) is 24.2 Å². The molecule has 0 aliphatic rings. The van der Waals surface area contributed by atoms with Crippen molar-refractivity contribution in [2.45, 2.75) is 19.6 Å². The first kappa shape index (κ1) is 19.7. The van der Waals surface area contributed by atoms with Crippen LogP contribution in [-0.2, 0) is 12.7 Å². The van der Waals surface area contributed by atoms with Crippen LogP contribution >= 0.6 is 0 Å². The summed E-state index contributed by atoms with van der Waals surface area (Å²) in [6, 6.07) is 5.75. The zero-order valence-corrected chi connectivity index (χ0v) is 15.3. The lowest BCUT2D eigenvalue weighted by molar-refractivity contribution is -0.137. The number of hydrogen-bond donors (Lipinski definition) is 1. The highest BCUT2D eigenvalue weighted by Crippen LogP contribution is 2.34. The van der Waals surface area contributed by atoms with Gasteiger partial charge in [-0.25, -0.2) is 14.4 Å². The topological polar surface area (TPSA) is 56.3 Å². The summed E-state index contributed by atoms with van der Waals surface area (Å²) >= 11 is 0. The Kier molecular flexibility index (Phi) is 5.26. The van der Waals surface area contributed by atoms with Crippen LogP contribution < -0.4 is 14.8 Å². The van der Waals surface area contributed by atoms with Gasteiger partial charge in [-0.1, -0.05) is 0 Å². The predicted octanol–water partition coefficient (Wildman–Crippen LogP) is 4.73. The number of aromatic nitrogens is 2. The van der Waals surface area contributed by atoms with Crippen molar-refractivity contribution in [1.82, 2.24) is 9.97 Å². The Labute approximate surface area is 158 Å². The fraction of sp³-hybridized carbons (Fsp3) is 0.263. The number of halogens is 4. The first-order chi connectivity index (χ1) is 13.2. The molecule has 2 aromatic carbocycles. The highest BCUT2D eigenvalue weighted by atomic mass is 19.4. The van der Waals surface area contributed by atoms with Crippen molar-refractivity contribution in [3.8, 4) is 11.5 Å². The first-order valence-corrected chi connectivity index (χ1v) is 8.22. The summed E-state index contributed by atoms with van der Waals surface area (Å²) in [5.74, 6) is 0.829. The fourth-order valence-electron chi connectivity index (χ4n) is 2.81. The molecule has 0 amide bonds. The van der Waals surface area contributed by atoms with Crippen molar-refractivity contribution in [2.75, 3.05) is 19.5 Å². The first-order valence-electron chi connectivity index (χ1n) is 8.22. The molecule has 3 aromatic rings. The molecule has 148 valence electrons. The molecule has 28 heavy (non-hydrogen) atoms. The normalized spacial score (nSPS) is 11.5. The minimum absolute atomic E-state index is 0.0548. The monoisotopic (exact) mass is 395 g/mol. The zero-order chi connectivity index (χ0) is 20.5. The number of alkyl halides is 3. The third-order valence-corrected chi connectivity index (χ3v) is 4.06. The number of fused-ring (bicyclic) bond motifs is 1. The maximum Gasteiger partial charge on any atom is 0.416 e. The van der Waals surface area contributed by atoms with E-state index in [-0.39, 0.29) is 12.1 Å². The molecule has 0 atom stereocenters. The zero-order valence-electron chi connectivity index (χ0n) is 15.3. The second-order valence-corrected chi connectivity index (χ2v) is 6.04. The molecule has 0 spiro atoms. The summed E-state index contributed by atoms with van der Waals surface area (Å²) in [6.45, 7) is 1.63. The van der Waals surface area contributed by atoms with E-state index in [0.29, 0.717) is 40.1 Å². The number of nitrogens with zero attached hydrogens (tertiary/aromatic N) is 2. The average molecular weight is 395 g/mol. The molecular weight excluding hydrogens is 378 g/mol. The highest BCUT2D eigenvalue weighted by Gasteiger charge is 2.31. The van der Waals surface area contributed by atoms with E-state index in [4.69, 9.17) is 9.47 Å². The molecule has 0 saturated carbocycles. The average Bonchev–Trinajstić information content (AvgIpc) is 2.63. The van der Waals surface area contributed by atoms with Gasteiger partial charge in [-0.3, -0.25) is 0 Å². The van der Waals surface area contributed by atoms with E-state index in [1.165, 1.54) is 14.2 Å². The van der Waals surface area contributed by atoms with E-state index >= 15 is 0 Å². The predicted molar refractivity (Wildman–Crippen MR) is 96.1 cm³/mol. The maximum absolute atomic E-state index is 13.6. The molecular formula is C19H17F4N3O2. The van der Waals surface area contributed by atoms with E-state index in [9.17, 15) is 17.6 Å². The minimum atomic E-state index is -4.63. The summed E-state index contributed by atoms with van der Waals surface area (Å²) in [7, 11) is 2.98. The molecule has 9 heteroatoms. The Morgan fingerprint density at radius 3 is 2.29 bits per heavy atom. The third kappa shape index (κ3) is 4.08. The van der Waals surface area contributed by atoms with E-state index in [2.05, 4.69) is 15.3 Å². The van der Waals surface area contributed by atoms with E-state index < -0.39 is 17.6 Å². The standard InChI is InChI=1S/C19H17F4N3O2/c1-10-25-15-8-17(28-3)16(27-2)7-14(15)18(26-10)24-9-11-4-12(19(21,22)23)6-13(20)5-11/h4-8H,9H2,1-3H3,(H,24,25,26). The van der Waals surface area contributed by atoms with Gasteiger partial charge < -0.3 is 14.8 Å². The molecule has 0 unspecified atom stereocenters. The third-order valence-electron chi connectivity index (χ3n) is 4.06. The van der Waals surface area contributed by atoms with Crippen LogP contribution in [0.4, 0.5) is 23.4 Å². The second kappa shape index (κ2) is 7.49. The van der Waals surface area contributed by atoms with Crippen molar-refractivity contribution in [3.05, 3.63) is 53.1 Å². The number of aryl methyl sites for hydroxylation is 1. The van der Waals surface area contributed by atoms with Crippen molar-refractivity contribution < 1.29 is 27.0 Å². The van der Waals surface area contributed by atoms with E-state index in [0.717, 1.165) is 12.1 Å². The van der Waals surface area contributed by atoms with Gasteiger partial charge in [-0.15, -0.1) is 0 Å². The summed E-state index contributed by atoms with van der Waals surface area (Å²) in [5.41, 5.74) is -0.334. The molecule has 0 aliphatic heterocycles. The van der Waals surface area contributed by atoms with Gasteiger partial charge in [-0.2, -0.15) is 13.2 Å². The minimum Gasteiger partial charge on any atom is -0.493 e. The quantitative estimate of drug-likeness (QED) is 0.634. The summed E-state index contributed by atoms with van der Waals surface area (Å²) in [4.78, 5) is 8.65. The fourth-order valence-corrected chi connectivity index (χ4v) is 2.81. The summed E-state index contributed by atoms with van der Waals surface area (Å²) < 4.78 is 62.8. The van der Waals surface area contributed by atoms with Crippen molar-refractivity contribution in [1.29, 1.82) is 0 Å². The maximum atomic E-state index is 13.6. The Morgan fingerprint density at radius 1 is 0.964 bits per heavy atom. The van der Waals surface area contributed by atoms with Gasteiger partial charge in [0.25, 0.3) is 0 Å². The summed E-state index contributed by atoms with van der Waals surface area (Å²) in [5, 5.41) is 3.55. The molecule has 0 radical (unpaired) electrons. The second-order valence-electron chi connectivity index (χ2n) is 6.04. The van der Waals surface area contributed by atoms with Crippen molar-refractivity contribution in [2.24, 2.45) is 0 Å². The van der Waals surface area contributed by atoms with Crippen LogP contribution in [0.25, 0.3) is 10.9 Å². The molecule has 3 rings (SSSR count). The van der Waals surface area contributed by atoms with Gasteiger partial charge in [0.1, 0.15) is 17.5 Å². The van der Waals surface area contributed by atoms with Crippen molar-refractivity contribution >= 4 is 16.7 Å². The van der Waals surface area contributed by atoms with Gasteiger partial charge >= 0.3 is 6.18 Å².